The van der Waals surface area contributed by atoms with Gasteiger partial charge in [-0.25, -0.2) is 23.1 Å². The molecule has 4 aromatic rings. The highest BCUT2D eigenvalue weighted by Gasteiger charge is 2.19. The Labute approximate surface area is 212 Å². The average molecular weight is 551 g/mol. The number of anilines is 2. The maximum Gasteiger partial charge on any atom is 0.264 e. The number of nitrogens with zero attached hydrogens (tertiary/aromatic N) is 2. The molecule has 0 aliphatic heterocycles. The quantitative estimate of drug-likeness (QED) is 0.256. The van der Waals surface area contributed by atoms with Gasteiger partial charge in [-0.1, -0.05) is 57.9 Å². The van der Waals surface area contributed by atoms with Crippen molar-refractivity contribution in [3.8, 4) is 0 Å². The molecular formula is C26H23BrN4O3S. The zero-order valence-electron chi connectivity index (χ0n) is 18.9. The topological polar surface area (TPSA) is 101 Å². The monoisotopic (exact) mass is 550 g/mol. The third kappa shape index (κ3) is 6.52. The predicted molar refractivity (Wildman–Crippen MR) is 140 cm³/mol. The van der Waals surface area contributed by atoms with E-state index in [1.54, 1.807) is 30.3 Å². The molecule has 0 aliphatic carbocycles. The van der Waals surface area contributed by atoms with E-state index in [2.05, 4.69) is 35.9 Å². The van der Waals surface area contributed by atoms with Crippen LogP contribution in [-0.2, 0) is 10.0 Å². The molecule has 4 rings (SSSR count). The summed E-state index contributed by atoms with van der Waals surface area (Å²) in [6, 6.07) is 22.9. The number of carbonyl (C=O) groups excluding carboxylic acids is 1. The number of benzene rings is 3. The van der Waals surface area contributed by atoms with E-state index in [0.29, 0.717) is 11.3 Å². The Hall–Kier alpha value is -3.56. The van der Waals surface area contributed by atoms with Crippen molar-refractivity contribution in [2.75, 3.05) is 10.0 Å². The first-order chi connectivity index (χ1) is 16.8. The molecule has 0 saturated carbocycles. The summed E-state index contributed by atoms with van der Waals surface area (Å²) in [6.45, 7) is 2.00. The molecule has 35 heavy (non-hydrogen) atoms. The molecule has 1 unspecified atom stereocenters. The van der Waals surface area contributed by atoms with Gasteiger partial charge >= 0.3 is 0 Å². The molecule has 0 amide bonds. The number of hydrogen-bond acceptors (Lipinski definition) is 6. The minimum absolute atomic E-state index is 0.000618. The lowest BCUT2D eigenvalue weighted by Gasteiger charge is -2.21. The number of aromatic nitrogens is 2. The van der Waals surface area contributed by atoms with Crippen LogP contribution >= 0.6 is 15.9 Å². The van der Waals surface area contributed by atoms with Crippen LogP contribution in [0, 0.1) is 6.92 Å². The summed E-state index contributed by atoms with van der Waals surface area (Å²) in [4.78, 5) is 20.9. The molecule has 1 atom stereocenters. The highest BCUT2D eigenvalue weighted by Crippen LogP contribution is 2.27. The molecular weight excluding hydrogens is 528 g/mol. The van der Waals surface area contributed by atoms with E-state index in [0.717, 1.165) is 15.6 Å². The van der Waals surface area contributed by atoms with Crippen molar-refractivity contribution < 1.29 is 13.2 Å². The first kappa shape index (κ1) is 24.6. The highest BCUT2D eigenvalue weighted by molar-refractivity contribution is 9.10. The van der Waals surface area contributed by atoms with Crippen LogP contribution in [0.4, 0.5) is 11.6 Å². The fourth-order valence-corrected chi connectivity index (χ4v) is 4.76. The van der Waals surface area contributed by atoms with Crippen LogP contribution in [0.3, 0.4) is 0 Å². The smallest absolute Gasteiger partial charge is 0.264 e. The van der Waals surface area contributed by atoms with Gasteiger partial charge in [0.2, 0.25) is 5.95 Å². The van der Waals surface area contributed by atoms with Crippen molar-refractivity contribution >= 4 is 43.4 Å². The normalized spacial score (nSPS) is 12.1. The number of sulfonamides is 1. The van der Waals surface area contributed by atoms with Gasteiger partial charge in [0, 0.05) is 34.5 Å². The molecule has 1 aromatic heterocycles. The zero-order valence-corrected chi connectivity index (χ0v) is 21.3. The van der Waals surface area contributed by atoms with Crippen molar-refractivity contribution in [2.45, 2.75) is 24.3 Å². The van der Waals surface area contributed by atoms with Crippen LogP contribution < -0.4 is 10.0 Å². The van der Waals surface area contributed by atoms with Gasteiger partial charge < -0.3 is 5.32 Å². The third-order valence-corrected chi connectivity index (χ3v) is 7.17. The highest BCUT2D eigenvalue weighted by atomic mass is 79.9. The predicted octanol–water partition coefficient (Wildman–Crippen LogP) is 5.77. The van der Waals surface area contributed by atoms with Crippen molar-refractivity contribution in [2.24, 2.45) is 0 Å². The summed E-state index contributed by atoms with van der Waals surface area (Å²) < 4.78 is 28.6. The number of hydrogen-bond donors (Lipinski definition) is 2. The number of nitrogens with one attached hydrogen (secondary N) is 2. The van der Waals surface area contributed by atoms with Gasteiger partial charge in [-0.3, -0.25) is 4.79 Å². The van der Waals surface area contributed by atoms with Crippen LogP contribution in [0.5, 0.6) is 0 Å². The fraction of sp³-hybridized carbons (Fsp3) is 0.115. The second kappa shape index (κ2) is 10.8. The minimum Gasteiger partial charge on any atom is -0.378 e. The summed E-state index contributed by atoms with van der Waals surface area (Å²) in [7, 11) is -3.84. The third-order valence-electron chi connectivity index (χ3n) is 5.30. The van der Waals surface area contributed by atoms with Crippen LogP contribution in [-0.4, -0.2) is 24.2 Å². The molecule has 0 aliphatic rings. The van der Waals surface area contributed by atoms with Crippen molar-refractivity contribution in [3.63, 3.8) is 0 Å². The van der Waals surface area contributed by atoms with Crippen LogP contribution in [0.25, 0.3) is 0 Å². The standard InChI is InChI=1S/C26H23BrN4O3S/c1-18-4-2-5-20(16-18)24(17-25(32)19-6-8-21(27)9-7-19)30-22-10-12-23(13-11-22)35(33,34)31-26-28-14-3-15-29-26/h2-16,24,30H,17H2,1H3,(H,28,29,31). The molecule has 0 radical (unpaired) electrons. The van der Waals surface area contributed by atoms with Gasteiger partial charge in [0.25, 0.3) is 10.0 Å². The van der Waals surface area contributed by atoms with Gasteiger partial charge in [-0.05, 0) is 55.0 Å². The second-order valence-corrected chi connectivity index (χ2v) is 10.5. The van der Waals surface area contributed by atoms with Crippen molar-refractivity contribution in [3.05, 3.63) is 112 Å². The minimum atomic E-state index is -3.84. The largest absolute Gasteiger partial charge is 0.378 e. The maximum atomic E-state index is 13.0. The van der Waals surface area contributed by atoms with Gasteiger partial charge in [0.05, 0.1) is 10.9 Å². The summed E-state index contributed by atoms with van der Waals surface area (Å²) in [5.74, 6) is 0.00318. The molecule has 2 N–H and O–H groups in total. The van der Waals surface area contributed by atoms with E-state index >= 15 is 0 Å². The zero-order chi connectivity index (χ0) is 24.8. The molecule has 7 nitrogen and oxygen atoms in total. The number of ketones is 1. The number of halogens is 1. The molecule has 0 bridgehead atoms. The summed E-state index contributed by atoms with van der Waals surface area (Å²) >= 11 is 3.39. The fourth-order valence-electron chi connectivity index (χ4n) is 3.54. The number of carbonyl (C=O) groups is 1. The molecule has 0 spiro atoms. The Bertz CT molecular complexity index is 1410. The van der Waals surface area contributed by atoms with E-state index < -0.39 is 10.0 Å². The lowest BCUT2D eigenvalue weighted by molar-refractivity contribution is 0.0976. The lowest BCUT2D eigenvalue weighted by Crippen LogP contribution is -2.17. The number of Topliss-reactive ketones (excluding diaryl/α,β-unsaturated/α-hetero) is 1. The van der Waals surface area contributed by atoms with E-state index in [9.17, 15) is 13.2 Å². The van der Waals surface area contributed by atoms with E-state index in [1.165, 1.54) is 24.5 Å². The SMILES string of the molecule is Cc1cccc(C(CC(=O)c2ccc(Br)cc2)Nc2ccc(S(=O)(=O)Nc3ncccn3)cc2)c1. The first-order valence-corrected chi connectivity index (χ1v) is 13.1. The Kier molecular flexibility index (Phi) is 7.57. The average Bonchev–Trinajstić information content (AvgIpc) is 2.85. The molecule has 9 heteroatoms. The maximum absolute atomic E-state index is 13.0. The van der Waals surface area contributed by atoms with Gasteiger partial charge in [-0.2, -0.15) is 0 Å². The van der Waals surface area contributed by atoms with E-state index in [1.807, 2.05) is 43.3 Å². The molecule has 1 heterocycles. The molecule has 0 fully saturated rings. The van der Waals surface area contributed by atoms with Crippen LogP contribution in [0.1, 0.15) is 33.9 Å². The summed E-state index contributed by atoms with van der Waals surface area (Å²) in [5.41, 5.74) is 3.37. The Morgan fingerprint density at radius 3 is 2.29 bits per heavy atom. The van der Waals surface area contributed by atoms with E-state index in [-0.39, 0.29) is 29.1 Å². The summed E-state index contributed by atoms with van der Waals surface area (Å²) in [5, 5.41) is 3.39. The van der Waals surface area contributed by atoms with Crippen LogP contribution in [0.15, 0.2) is 101 Å². The first-order valence-electron chi connectivity index (χ1n) is 10.8. The molecule has 0 saturated heterocycles. The van der Waals surface area contributed by atoms with Gasteiger partial charge in [0.15, 0.2) is 5.78 Å². The Morgan fingerprint density at radius 2 is 1.63 bits per heavy atom. The van der Waals surface area contributed by atoms with Crippen molar-refractivity contribution in [1.29, 1.82) is 0 Å². The Morgan fingerprint density at radius 1 is 0.943 bits per heavy atom. The van der Waals surface area contributed by atoms with Crippen LogP contribution in [0.2, 0.25) is 0 Å². The van der Waals surface area contributed by atoms with E-state index in [4.69, 9.17) is 0 Å². The summed E-state index contributed by atoms with van der Waals surface area (Å²) in [6.07, 6.45) is 3.15. The molecule has 3 aromatic carbocycles. The van der Waals surface area contributed by atoms with Gasteiger partial charge in [0.1, 0.15) is 0 Å². The second-order valence-electron chi connectivity index (χ2n) is 7.95. The molecule has 178 valence electrons. The number of rotatable bonds is 9. The number of aryl methyl sites for hydroxylation is 1. The Balaban J connectivity index is 1.54. The van der Waals surface area contributed by atoms with Crippen molar-refractivity contribution in [1.82, 2.24) is 9.97 Å². The lowest BCUT2D eigenvalue weighted by atomic mass is 9.96. The van der Waals surface area contributed by atoms with Gasteiger partial charge in [-0.15, -0.1) is 0 Å².